The molecule has 2 aliphatic carbocycles. The maximum Gasteiger partial charge on any atom is 0.215 e. The summed E-state index contributed by atoms with van der Waals surface area (Å²) in [5, 5.41) is 0. The number of ketones is 1. The Labute approximate surface area is 114 Å². The van der Waals surface area contributed by atoms with Crippen molar-refractivity contribution in [1.82, 2.24) is 4.31 Å². The average Bonchev–Trinajstić information content (AvgIpc) is 2.95. The third-order valence-corrected chi connectivity index (χ3v) is 7.69. The highest BCUT2D eigenvalue weighted by atomic mass is 32.2. The van der Waals surface area contributed by atoms with E-state index in [0.29, 0.717) is 25.4 Å². The molecule has 0 amide bonds. The molecule has 0 spiro atoms. The predicted octanol–water partition coefficient (Wildman–Crippen LogP) is 1.58. The van der Waals surface area contributed by atoms with Crippen LogP contribution in [0.25, 0.3) is 0 Å². The summed E-state index contributed by atoms with van der Waals surface area (Å²) < 4.78 is 26.6. The molecule has 2 fully saturated rings. The van der Waals surface area contributed by atoms with E-state index in [1.165, 1.54) is 4.31 Å². The molecule has 3 aliphatic rings. The fourth-order valence-electron chi connectivity index (χ4n) is 4.20. The Morgan fingerprint density at radius 2 is 1.95 bits per heavy atom. The molecule has 0 unspecified atom stereocenters. The van der Waals surface area contributed by atoms with Gasteiger partial charge >= 0.3 is 0 Å². The highest BCUT2D eigenvalue weighted by Gasteiger charge is 2.65. The van der Waals surface area contributed by atoms with Crippen LogP contribution in [0.2, 0.25) is 0 Å². The molecule has 1 aliphatic heterocycles. The molecule has 0 N–H and O–H groups in total. The lowest BCUT2D eigenvalue weighted by atomic mass is 9.70. The molecule has 0 aromatic heterocycles. The number of Topliss-reactive ketones (excluding diaryl/α,β-unsaturated/α-hetero) is 1. The van der Waals surface area contributed by atoms with Crippen LogP contribution in [0.3, 0.4) is 0 Å². The number of nitrogens with zero attached hydrogens (tertiary/aromatic N) is 1. The molecule has 0 saturated heterocycles. The fraction of sp³-hybridized carbons (Fsp3) is 0.786. The van der Waals surface area contributed by atoms with Crippen LogP contribution in [-0.2, 0) is 14.8 Å². The van der Waals surface area contributed by atoms with Gasteiger partial charge in [0, 0.05) is 24.9 Å². The first kappa shape index (κ1) is 13.3. The summed E-state index contributed by atoms with van der Waals surface area (Å²) in [6.07, 6.45) is 6.04. The molecular formula is C14H21NO3S. The van der Waals surface area contributed by atoms with Gasteiger partial charge < -0.3 is 0 Å². The van der Waals surface area contributed by atoms with Crippen LogP contribution < -0.4 is 0 Å². The minimum atomic E-state index is -3.34. The summed E-state index contributed by atoms with van der Waals surface area (Å²) >= 11 is 0. The van der Waals surface area contributed by atoms with Crippen LogP contribution >= 0.6 is 0 Å². The summed E-state index contributed by atoms with van der Waals surface area (Å²) in [7, 11) is -3.34. The van der Waals surface area contributed by atoms with Gasteiger partial charge in [-0.3, -0.25) is 4.79 Å². The monoisotopic (exact) mass is 283 g/mol. The highest BCUT2D eigenvalue weighted by molar-refractivity contribution is 7.89. The van der Waals surface area contributed by atoms with Crippen LogP contribution in [0.5, 0.6) is 0 Å². The van der Waals surface area contributed by atoms with Gasteiger partial charge in [-0.2, -0.15) is 4.31 Å². The minimum Gasteiger partial charge on any atom is -0.299 e. The topological polar surface area (TPSA) is 54.5 Å². The number of rotatable bonds is 3. The predicted molar refractivity (Wildman–Crippen MR) is 73.1 cm³/mol. The lowest BCUT2D eigenvalue weighted by Crippen LogP contribution is -2.46. The molecule has 2 saturated carbocycles. The molecule has 0 radical (unpaired) electrons. The smallest absolute Gasteiger partial charge is 0.215 e. The van der Waals surface area contributed by atoms with E-state index >= 15 is 0 Å². The Hall–Kier alpha value is -0.680. The van der Waals surface area contributed by atoms with Gasteiger partial charge in [-0.25, -0.2) is 8.42 Å². The number of sulfonamides is 1. The summed E-state index contributed by atoms with van der Waals surface area (Å²) in [6, 6.07) is 0. The van der Waals surface area contributed by atoms with Crippen molar-refractivity contribution in [3.8, 4) is 0 Å². The second-order valence-electron chi connectivity index (χ2n) is 6.71. The van der Waals surface area contributed by atoms with Crippen molar-refractivity contribution in [1.29, 1.82) is 0 Å². The molecule has 0 aromatic carbocycles. The number of hydrogen-bond donors (Lipinski definition) is 0. The molecule has 4 nitrogen and oxygen atoms in total. The Morgan fingerprint density at radius 3 is 2.42 bits per heavy atom. The third-order valence-electron chi connectivity index (χ3n) is 5.75. The van der Waals surface area contributed by atoms with Crippen molar-refractivity contribution in [2.75, 3.05) is 18.8 Å². The number of fused-ring (bicyclic) bond motifs is 2. The molecule has 2 atom stereocenters. The van der Waals surface area contributed by atoms with E-state index in [0.717, 1.165) is 12.8 Å². The largest absolute Gasteiger partial charge is 0.299 e. The zero-order valence-electron chi connectivity index (χ0n) is 11.6. The molecule has 1 heterocycles. The van der Waals surface area contributed by atoms with E-state index in [-0.39, 0.29) is 17.0 Å². The van der Waals surface area contributed by atoms with E-state index < -0.39 is 15.4 Å². The second kappa shape index (κ2) is 3.92. The molecule has 2 bridgehead atoms. The van der Waals surface area contributed by atoms with E-state index in [2.05, 4.69) is 13.8 Å². The summed E-state index contributed by atoms with van der Waals surface area (Å²) in [5.74, 6) is 0.542. The summed E-state index contributed by atoms with van der Waals surface area (Å²) in [6.45, 7) is 5.06. The fourth-order valence-corrected chi connectivity index (χ4v) is 6.31. The van der Waals surface area contributed by atoms with Crippen molar-refractivity contribution < 1.29 is 13.2 Å². The first-order chi connectivity index (χ1) is 8.80. The van der Waals surface area contributed by atoms with Crippen molar-refractivity contribution in [2.45, 2.75) is 33.1 Å². The zero-order chi connectivity index (χ0) is 13.9. The molecule has 5 heteroatoms. The van der Waals surface area contributed by atoms with Gasteiger partial charge in [0.15, 0.2) is 0 Å². The van der Waals surface area contributed by atoms with Gasteiger partial charge in [0.25, 0.3) is 0 Å². The highest BCUT2D eigenvalue weighted by Crippen LogP contribution is 2.64. The maximum absolute atomic E-state index is 12.5. The first-order valence-corrected chi connectivity index (χ1v) is 8.57. The van der Waals surface area contributed by atoms with Gasteiger partial charge in [0.1, 0.15) is 5.78 Å². The van der Waals surface area contributed by atoms with Crippen molar-refractivity contribution in [3.05, 3.63) is 12.2 Å². The van der Waals surface area contributed by atoms with E-state index in [9.17, 15) is 13.2 Å². The van der Waals surface area contributed by atoms with Gasteiger partial charge in [-0.05, 0) is 24.2 Å². The summed E-state index contributed by atoms with van der Waals surface area (Å²) in [5.41, 5.74) is -0.816. The minimum absolute atomic E-state index is 0.00398. The van der Waals surface area contributed by atoms with Gasteiger partial charge in [-0.15, -0.1) is 0 Å². The molecule has 3 rings (SSSR count). The summed E-state index contributed by atoms with van der Waals surface area (Å²) in [4.78, 5) is 12.4. The van der Waals surface area contributed by atoms with E-state index in [4.69, 9.17) is 0 Å². The maximum atomic E-state index is 12.5. The standard InChI is InChI=1S/C14H21NO3S/c1-13(2)11-5-6-14(13,12(16)9-11)10-19(17,18)15-7-3-4-8-15/h3-4,11H,5-10H2,1-2H3/t11-,14-/m1/s1. The molecule has 19 heavy (non-hydrogen) atoms. The average molecular weight is 283 g/mol. The van der Waals surface area contributed by atoms with Crippen LogP contribution in [-0.4, -0.2) is 37.3 Å². The Balaban J connectivity index is 1.92. The van der Waals surface area contributed by atoms with Crippen LogP contribution in [0, 0.1) is 16.7 Å². The Morgan fingerprint density at radius 1 is 1.32 bits per heavy atom. The van der Waals surface area contributed by atoms with Gasteiger partial charge in [0.05, 0.1) is 5.75 Å². The lowest BCUT2D eigenvalue weighted by molar-refractivity contribution is -0.128. The quantitative estimate of drug-likeness (QED) is 0.739. The van der Waals surface area contributed by atoms with Crippen molar-refractivity contribution in [3.63, 3.8) is 0 Å². The number of carbonyl (C=O) groups is 1. The zero-order valence-corrected chi connectivity index (χ0v) is 12.4. The van der Waals surface area contributed by atoms with Crippen LogP contribution in [0.15, 0.2) is 12.2 Å². The van der Waals surface area contributed by atoms with Crippen LogP contribution in [0.4, 0.5) is 0 Å². The van der Waals surface area contributed by atoms with Gasteiger partial charge in [0.2, 0.25) is 10.0 Å². The SMILES string of the molecule is CC1(C)[C@@H]2CC[C@@]1(CS(=O)(=O)N1CC=CC1)C(=O)C2. The molecule has 0 aromatic rings. The Kier molecular flexibility index (Phi) is 2.74. The number of carbonyl (C=O) groups excluding carboxylic acids is 1. The van der Waals surface area contributed by atoms with E-state index in [1.807, 2.05) is 12.2 Å². The number of hydrogen-bond acceptors (Lipinski definition) is 3. The van der Waals surface area contributed by atoms with Crippen molar-refractivity contribution >= 4 is 15.8 Å². The molecule has 106 valence electrons. The van der Waals surface area contributed by atoms with Crippen molar-refractivity contribution in [2.24, 2.45) is 16.7 Å². The Bertz CT molecular complexity index is 541. The second-order valence-corrected chi connectivity index (χ2v) is 8.68. The van der Waals surface area contributed by atoms with Gasteiger partial charge in [-0.1, -0.05) is 26.0 Å². The normalized spacial score (nSPS) is 37.4. The van der Waals surface area contributed by atoms with E-state index in [1.54, 1.807) is 0 Å². The lowest BCUT2D eigenvalue weighted by Gasteiger charge is -2.37. The molecular weight excluding hydrogens is 262 g/mol. The first-order valence-electron chi connectivity index (χ1n) is 6.96. The van der Waals surface area contributed by atoms with Crippen LogP contribution in [0.1, 0.15) is 33.1 Å². The third kappa shape index (κ3) is 1.67.